The van der Waals surface area contributed by atoms with Crippen molar-refractivity contribution in [1.29, 1.82) is 5.26 Å². The molecule has 0 spiro atoms. The molecular formula is C14H18N2O2. The highest BCUT2D eigenvalue weighted by Gasteiger charge is 2.16. The average molecular weight is 246 g/mol. The Kier molecular flexibility index (Phi) is 4.73. The zero-order chi connectivity index (χ0) is 13.7. The number of benzene rings is 1. The van der Waals surface area contributed by atoms with Gasteiger partial charge in [-0.2, -0.15) is 5.26 Å². The predicted octanol–water partition coefficient (Wildman–Crippen LogP) is 2.35. The van der Waals surface area contributed by atoms with Gasteiger partial charge >= 0.3 is 5.97 Å². The monoisotopic (exact) mass is 246 g/mol. The molecule has 18 heavy (non-hydrogen) atoms. The summed E-state index contributed by atoms with van der Waals surface area (Å²) < 4.78 is 0. The lowest BCUT2D eigenvalue weighted by molar-refractivity contribution is -0.140. The smallest absolute Gasteiger partial charge is 0.308 e. The second-order valence-corrected chi connectivity index (χ2v) is 4.55. The molecule has 1 rings (SSSR count). The van der Waals surface area contributed by atoms with Gasteiger partial charge in [0.1, 0.15) is 6.54 Å². The summed E-state index contributed by atoms with van der Waals surface area (Å²) in [6.07, 6.45) is 0. The Labute approximate surface area is 107 Å². The molecule has 1 aromatic rings. The number of nitriles is 1. The maximum atomic E-state index is 10.9. The zero-order valence-electron chi connectivity index (χ0n) is 11.0. The van der Waals surface area contributed by atoms with E-state index in [1.165, 1.54) is 5.56 Å². The Morgan fingerprint density at radius 2 is 2.11 bits per heavy atom. The summed E-state index contributed by atoms with van der Waals surface area (Å²) in [5.41, 5.74) is 3.22. The van der Waals surface area contributed by atoms with Gasteiger partial charge in [0.25, 0.3) is 0 Å². The van der Waals surface area contributed by atoms with E-state index in [-0.39, 0.29) is 6.54 Å². The molecule has 0 aromatic heterocycles. The zero-order valence-corrected chi connectivity index (χ0v) is 11.0. The Hall–Kier alpha value is -2.02. The first-order chi connectivity index (χ1) is 8.45. The van der Waals surface area contributed by atoms with E-state index < -0.39 is 11.9 Å². The van der Waals surface area contributed by atoms with Gasteiger partial charge in [0, 0.05) is 12.2 Å². The molecule has 1 unspecified atom stereocenters. The summed E-state index contributed by atoms with van der Waals surface area (Å²) >= 11 is 0. The molecule has 0 bridgehead atoms. The van der Waals surface area contributed by atoms with Crippen molar-refractivity contribution in [2.45, 2.75) is 20.8 Å². The molecule has 4 heteroatoms. The molecule has 0 amide bonds. The molecule has 0 aliphatic rings. The van der Waals surface area contributed by atoms with Crippen LogP contribution >= 0.6 is 0 Å². The molecule has 0 saturated heterocycles. The van der Waals surface area contributed by atoms with Crippen LogP contribution in [0.2, 0.25) is 0 Å². The highest BCUT2D eigenvalue weighted by Crippen LogP contribution is 2.19. The molecule has 0 fully saturated rings. The van der Waals surface area contributed by atoms with Gasteiger partial charge in [0.15, 0.2) is 0 Å². The molecule has 0 aliphatic carbocycles. The minimum absolute atomic E-state index is 0.195. The summed E-state index contributed by atoms with van der Waals surface area (Å²) in [5, 5.41) is 17.8. The molecule has 1 atom stereocenters. The van der Waals surface area contributed by atoms with Crippen LogP contribution in [-0.4, -0.2) is 24.2 Å². The van der Waals surface area contributed by atoms with Crippen LogP contribution in [0.5, 0.6) is 0 Å². The van der Waals surface area contributed by atoms with Crippen molar-refractivity contribution in [1.82, 2.24) is 0 Å². The number of hydrogen-bond donors (Lipinski definition) is 1. The number of hydrogen-bond acceptors (Lipinski definition) is 3. The molecule has 0 aliphatic heterocycles. The molecule has 0 heterocycles. The lowest BCUT2D eigenvalue weighted by Crippen LogP contribution is -2.32. The first-order valence-corrected chi connectivity index (χ1v) is 5.87. The summed E-state index contributed by atoms with van der Waals surface area (Å²) in [7, 11) is 0. The Morgan fingerprint density at radius 3 is 2.61 bits per heavy atom. The van der Waals surface area contributed by atoms with Crippen LogP contribution in [-0.2, 0) is 4.79 Å². The Balaban J connectivity index is 2.94. The first kappa shape index (κ1) is 14.0. The quantitative estimate of drug-likeness (QED) is 0.810. The predicted molar refractivity (Wildman–Crippen MR) is 70.5 cm³/mol. The van der Waals surface area contributed by atoms with Gasteiger partial charge in [-0.05, 0) is 37.1 Å². The van der Waals surface area contributed by atoms with Crippen molar-refractivity contribution in [2.24, 2.45) is 5.92 Å². The average Bonchev–Trinajstić information content (AvgIpc) is 2.32. The number of carboxylic acids is 1. The van der Waals surface area contributed by atoms with Gasteiger partial charge < -0.3 is 10.0 Å². The lowest BCUT2D eigenvalue weighted by Gasteiger charge is -2.24. The van der Waals surface area contributed by atoms with Gasteiger partial charge in [-0.15, -0.1) is 0 Å². The maximum absolute atomic E-state index is 10.9. The number of aryl methyl sites for hydroxylation is 2. The topological polar surface area (TPSA) is 64.3 Å². The fourth-order valence-corrected chi connectivity index (χ4v) is 1.68. The summed E-state index contributed by atoms with van der Waals surface area (Å²) in [6, 6.07) is 7.98. The number of carbonyl (C=O) groups is 1. The van der Waals surface area contributed by atoms with E-state index in [1.54, 1.807) is 11.8 Å². The van der Waals surface area contributed by atoms with E-state index in [1.807, 2.05) is 32.0 Å². The lowest BCUT2D eigenvalue weighted by atomic mass is 10.1. The minimum Gasteiger partial charge on any atom is -0.481 e. The minimum atomic E-state index is -0.846. The van der Waals surface area contributed by atoms with Crippen LogP contribution in [0, 0.1) is 31.1 Å². The molecule has 1 N–H and O–H groups in total. The SMILES string of the molecule is Cc1ccc(N(CC#N)CC(C)C(=O)O)cc1C. The standard InChI is InChI=1S/C14H18N2O2/c1-10-4-5-13(8-11(10)2)16(7-6-15)9-12(3)14(17)18/h4-5,8,12H,7,9H2,1-3H3,(H,17,18). The van der Waals surface area contributed by atoms with Crippen LogP contribution in [0.15, 0.2) is 18.2 Å². The van der Waals surface area contributed by atoms with Crippen LogP contribution in [0.3, 0.4) is 0 Å². The largest absolute Gasteiger partial charge is 0.481 e. The summed E-state index contributed by atoms with van der Waals surface area (Å²) in [4.78, 5) is 12.7. The van der Waals surface area contributed by atoms with E-state index in [4.69, 9.17) is 10.4 Å². The normalized spacial score (nSPS) is 11.7. The fourth-order valence-electron chi connectivity index (χ4n) is 1.68. The third-order valence-electron chi connectivity index (χ3n) is 3.03. The summed E-state index contributed by atoms with van der Waals surface area (Å²) in [6.45, 7) is 6.21. The van der Waals surface area contributed by atoms with Crippen LogP contribution in [0.1, 0.15) is 18.1 Å². The van der Waals surface area contributed by atoms with Crippen molar-refractivity contribution in [3.63, 3.8) is 0 Å². The van der Waals surface area contributed by atoms with Crippen molar-refractivity contribution < 1.29 is 9.90 Å². The van der Waals surface area contributed by atoms with Crippen molar-refractivity contribution in [3.05, 3.63) is 29.3 Å². The van der Waals surface area contributed by atoms with Crippen LogP contribution in [0.4, 0.5) is 5.69 Å². The molecule has 1 aromatic carbocycles. The van der Waals surface area contributed by atoms with Gasteiger partial charge in [-0.3, -0.25) is 4.79 Å². The third kappa shape index (κ3) is 3.49. The van der Waals surface area contributed by atoms with Crippen molar-refractivity contribution in [3.8, 4) is 6.07 Å². The molecular weight excluding hydrogens is 228 g/mol. The molecule has 0 saturated carbocycles. The first-order valence-electron chi connectivity index (χ1n) is 5.87. The third-order valence-corrected chi connectivity index (χ3v) is 3.03. The van der Waals surface area contributed by atoms with Gasteiger partial charge in [-0.25, -0.2) is 0 Å². The van der Waals surface area contributed by atoms with E-state index in [0.29, 0.717) is 6.54 Å². The number of aliphatic carboxylic acids is 1. The highest BCUT2D eigenvalue weighted by molar-refractivity contribution is 5.70. The Bertz CT molecular complexity index is 477. The van der Waals surface area contributed by atoms with E-state index in [0.717, 1.165) is 11.3 Å². The fraction of sp³-hybridized carbons (Fsp3) is 0.429. The number of anilines is 1. The second kappa shape index (κ2) is 6.06. The van der Waals surface area contributed by atoms with Crippen LogP contribution in [0.25, 0.3) is 0 Å². The van der Waals surface area contributed by atoms with Crippen LogP contribution < -0.4 is 4.90 Å². The van der Waals surface area contributed by atoms with Gasteiger partial charge in [0.05, 0.1) is 12.0 Å². The van der Waals surface area contributed by atoms with E-state index in [2.05, 4.69) is 6.07 Å². The van der Waals surface area contributed by atoms with E-state index >= 15 is 0 Å². The Morgan fingerprint density at radius 1 is 1.44 bits per heavy atom. The molecule has 0 radical (unpaired) electrons. The molecule has 96 valence electrons. The van der Waals surface area contributed by atoms with E-state index in [9.17, 15) is 4.79 Å². The highest BCUT2D eigenvalue weighted by atomic mass is 16.4. The summed E-state index contributed by atoms with van der Waals surface area (Å²) in [5.74, 6) is -1.35. The number of carboxylic acid groups (broad SMARTS) is 1. The number of rotatable bonds is 5. The van der Waals surface area contributed by atoms with Gasteiger partial charge in [0.2, 0.25) is 0 Å². The van der Waals surface area contributed by atoms with Crippen molar-refractivity contribution >= 4 is 11.7 Å². The number of nitrogens with zero attached hydrogens (tertiary/aromatic N) is 2. The van der Waals surface area contributed by atoms with Gasteiger partial charge in [-0.1, -0.05) is 13.0 Å². The second-order valence-electron chi connectivity index (χ2n) is 4.55. The maximum Gasteiger partial charge on any atom is 0.308 e. The molecule has 4 nitrogen and oxygen atoms in total. The van der Waals surface area contributed by atoms with Crippen molar-refractivity contribution in [2.75, 3.05) is 18.0 Å².